The van der Waals surface area contributed by atoms with Gasteiger partial charge in [0.2, 0.25) is 0 Å². The Morgan fingerprint density at radius 2 is 1.93 bits per heavy atom. The number of benzene rings is 1. The zero-order valence-corrected chi connectivity index (χ0v) is 8.30. The van der Waals surface area contributed by atoms with Gasteiger partial charge in [-0.15, -0.1) is 0 Å². The largest absolute Gasteiger partial charge is 0.496 e. The lowest BCUT2D eigenvalue weighted by Crippen LogP contribution is -2.20. The number of ether oxygens (including phenoxy) is 1. The average Bonchev–Trinajstić information content (AvgIpc) is 2.15. The molecule has 0 bridgehead atoms. The molecular weight excluding hydrogens is 209 g/mol. The first kappa shape index (κ1) is 11.8. The number of methoxy groups -OCH3 is 1. The van der Waals surface area contributed by atoms with Crippen LogP contribution in [-0.4, -0.2) is 18.4 Å². The molecule has 0 saturated heterocycles. The van der Waals surface area contributed by atoms with E-state index >= 15 is 0 Å². The quantitative estimate of drug-likeness (QED) is 0.830. The van der Waals surface area contributed by atoms with E-state index in [4.69, 9.17) is 9.84 Å². The highest BCUT2D eigenvalue weighted by atomic mass is 19.4. The van der Waals surface area contributed by atoms with Crippen LogP contribution in [0.15, 0.2) is 18.2 Å². The summed E-state index contributed by atoms with van der Waals surface area (Å²) < 4.78 is 41.4. The summed E-state index contributed by atoms with van der Waals surface area (Å²) in [6.07, 6.45) is -7.08. The predicted octanol–water partition coefficient (Wildman–Crippen LogP) is 2.60. The number of hydrogen-bond donors (Lipinski definition) is 1. The Morgan fingerprint density at radius 1 is 1.33 bits per heavy atom. The molecule has 0 aromatic heterocycles. The summed E-state index contributed by atoms with van der Waals surface area (Å²) in [7, 11) is 1.43. The zero-order valence-electron chi connectivity index (χ0n) is 8.30. The van der Waals surface area contributed by atoms with Gasteiger partial charge in [0.05, 0.1) is 7.11 Å². The van der Waals surface area contributed by atoms with Gasteiger partial charge in [0.15, 0.2) is 6.10 Å². The number of aliphatic hydroxyl groups excluding tert-OH is 1. The van der Waals surface area contributed by atoms with Crippen LogP contribution in [0.25, 0.3) is 0 Å². The lowest BCUT2D eigenvalue weighted by Gasteiger charge is -2.16. The third-order valence-electron chi connectivity index (χ3n) is 2.04. The number of aryl methyl sites for hydroxylation is 1. The predicted molar refractivity (Wildman–Crippen MR) is 48.7 cm³/mol. The van der Waals surface area contributed by atoms with E-state index in [0.717, 1.165) is 0 Å². The maximum Gasteiger partial charge on any atom is 0.418 e. The van der Waals surface area contributed by atoms with E-state index in [-0.39, 0.29) is 5.56 Å². The number of rotatable bonds is 2. The van der Waals surface area contributed by atoms with E-state index in [0.29, 0.717) is 11.3 Å². The van der Waals surface area contributed by atoms with Gasteiger partial charge in [-0.3, -0.25) is 0 Å². The molecule has 1 atom stereocenters. The lowest BCUT2D eigenvalue weighted by molar-refractivity contribution is -0.206. The molecule has 1 rings (SSSR count). The fraction of sp³-hybridized carbons (Fsp3) is 0.400. The summed E-state index contributed by atoms with van der Waals surface area (Å²) >= 11 is 0. The van der Waals surface area contributed by atoms with Crippen molar-refractivity contribution in [3.63, 3.8) is 0 Å². The van der Waals surface area contributed by atoms with Gasteiger partial charge in [-0.25, -0.2) is 0 Å². The van der Waals surface area contributed by atoms with E-state index in [1.807, 2.05) is 0 Å². The van der Waals surface area contributed by atoms with Gasteiger partial charge in [-0.1, -0.05) is 6.07 Å². The molecule has 0 spiro atoms. The van der Waals surface area contributed by atoms with Crippen molar-refractivity contribution in [2.75, 3.05) is 7.11 Å². The molecule has 1 aromatic rings. The molecule has 84 valence electrons. The Balaban J connectivity index is 3.02. The van der Waals surface area contributed by atoms with Crippen LogP contribution in [0.1, 0.15) is 17.2 Å². The first-order chi connectivity index (χ1) is 6.86. The molecule has 0 fully saturated rings. The van der Waals surface area contributed by atoms with Crippen molar-refractivity contribution in [3.05, 3.63) is 29.3 Å². The van der Waals surface area contributed by atoms with E-state index in [1.54, 1.807) is 6.92 Å². The molecule has 0 aliphatic heterocycles. The minimum Gasteiger partial charge on any atom is -0.496 e. The van der Waals surface area contributed by atoms with Crippen molar-refractivity contribution in [2.45, 2.75) is 19.2 Å². The smallest absolute Gasteiger partial charge is 0.418 e. The second-order valence-electron chi connectivity index (χ2n) is 3.17. The van der Waals surface area contributed by atoms with Crippen molar-refractivity contribution in [1.29, 1.82) is 0 Å². The molecular formula is C10H11F3O2. The van der Waals surface area contributed by atoms with Gasteiger partial charge < -0.3 is 9.84 Å². The fourth-order valence-electron chi connectivity index (χ4n) is 1.26. The monoisotopic (exact) mass is 220 g/mol. The minimum absolute atomic E-state index is 0.180. The number of aliphatic hydroxyl groups is 1. The van der Waals surface area contributed by atoms with Crippen LogP contribution < -0.4 is 4.74 Å². The third-order valence-corrected chi connectivity index (χ3v) is 2.04. The second-order valence-corrected chi connectivity index (χ2v) is 3.17. The van der Waals surface area contributed by atoms with Crippen LogP contribution in [-0.2, 0) is 0 Å². The molecule has 0 unspecified atom stereocenters. The van der Waals surface area contributed by atoms with Crippen LogP contribution in [0, 0.1) is 6.92 Å². The zero-order chi connectivity index (χ0) is 11.6. The Bertz CT molecular complexity index is 347. The molecule has 1 aromatic carbocycles. The molecule has 0 saturated carbocycles. The first-order valence-corrected chi connectivity index (χ1v) is 4.25. The Hall–Kier alpha value is -1.23. The van der Waals surface area contributed by atoms with Crippen molar-refractivity contribution in [2.24, 2.45) is 0 Å². The van der Waals surface area contributed by atoms with Gasteiger partial charge in [-0.05, 0) is 30.2 Å². The van der Waals surface area contributed by atoms with Crippen LogP contribution >= 0.6 is 0 Å². The Morgan fingerprint density at radius 3 is 2.33 bits per heavy atom. The molecule has 0 heterocycles. The molecule has 0 radical (unpaired) electrons. The van der Waals surface area contributed by atoms with Crippen LogP contribution in [0.2, 0.25) is 0 Å². The maximum absolute atomic E-state index is 12.2. The minimum atomic E-state index is -4.64. The summed E-state index contributed by atoms with van der Waals surface area (Å²) in [5, 5.41) is 8.98. The summed E-state index contributed by atoms with van der Waals surface area (Å²) in [6, 6.07) is 3.86. The van der Waals surface area contributed by atoms with Gasteiger partial charge in [-0.2, -0.15) is 13.2 Å². The molecule has 0 amide bonds. The van der Waals surface area contributed by atoms with Crippen molar-refractivity contribution >= 4 is 0 Å². The number of halogens is 3. The average molecular weight is 220 g/mol. The third kappa shape index (κ3) is 2.62. The Labute approximate surface area is 85.3 Å². The highest BCUT2D eigenvalue weighted by Crippen LogP contribution is 2.33. The van der Waals surface area contributed by atoms with E-state index < -0.39 is 12.3 Å². The van der Waals surface area contributed by atoms with E-state index in [1.165, 1.54) is 25.3 Å². The maximum atomic E-state index is 12.2. The summed E-state index contributed by atoms with van der Waals surface area (Å²) in [6.45, 7) is 1.62. The van der Waals surface area contributed by atoms with Gasteiger partial charge in [0.1, 0.15) is 5.75 Å². The summed E-state index contributed by atoms with van der Waals surface area (Å²) in [5.74, 6) is 0.494. The van der Waals surface area contributed by atoms with E-state index in [9.17, 15) is 13.2 Å². The van der Waals surface area contributed by atoms with Crippen molar-refractivity contribution in [3.8, 4) is 5.75 Å². The molecule has 2 nitrogen and oxygen atoms in total. The topological polar surface area (TPSA) is 29.5 Å². The highest BCUT2D eigenvalue weighted by Gasteiger charge is 2.39. The molecule has 0 aliphatic carbocycles. The van der Waals surface area contributed by atoms with E-state index in [2.05, 4.69) is 0 Å². The standard InChI is InChI=1S/C10H11F3O2/c1-6-5-7(3-4-8(6)15-2)9(14)10(11,12)13/h3-5,9,14H,1-2H3/t9-/m0/s1. The molecule has 15 heavy (non-hydrogen) atoms. The van der Waals surface area contributed by atoms with Gasteiger partial charge >= 0.3 is 6.18 Å². The number of alkyl halides is 3. The summed E-state index contributed by atoms with van der Waals surface area (Å²) in [4.78, 5) is 0. The van der Waals surface area contributed by atoms with Crippen LogP contribution in [0.5, 0.6) is 5.75 Å². The van der Waals surface area contributed by atoms with Gasteiger partial charge in [0.25, 0.3) is 0 Å². The highest BCUT2D eigenvalue weighted by molar-refractivity contribution is 5.37. The first-order valence-electron chi connectivity index (χ1n) is 4.25. The fourth-order valence-corrected chi connectivity index (χ4v) is 1.26. The van der Waals surface area contributed by atoms with Gasteiger partial charge in [0, 0.05) is 0 Å². The normalized spacial score (nSPS) is 13.7. The molecule has 5 heteroatoms. The number of hydrogen-bond acceptors (Lipinski definition) is 2. The molecule has 1 N–H and O–H groups in total. The lowest BCUT2D eigenvalue weighted by atomic mass is 10.1. The van der Waals surface area contributed by atoms with Crippen molar-refractivity contribution < 1.29 is 23.0 Å². The van der Waals surface area contributed by atoms with Crippen LogP contribution in [0.4, 0.5) is 13.2 Å². The summed E-state index contributed by atoms with van der Waals surface area (Å²) in [5.41, 5.74) is 0.374. The molecule has 0 aliphatic rings. The van der Waals surface area contributed by atoms with Crippen LogP contribution in [0.3, 0.4) is 0 Å². The van der Waals surface area contributed by atoms with Crippen molar-refractivity contribution in [1.82, 2.24) is 0 Å². The Kier molecular flexibility index (Phi) is 3.24. The second kappa shape index (κ2) is 4.10. The SMILES string of the molecule is COc1ccc([C@H](O)C(F)(F)F)cc1C.